The van der Waals surface area contributed by atoms with E-state index in [1.165, 1.54) is 6.07 Å². The summed E-state index contributed by atoms with van der Waals surface area (Å²) in [7, 11) is -3.77. The highest BCUT2D eigenvalue weighted by atomic mass is 32.2. The van der Waals surface area contributed by atoms with Crippen molar-refractivity contribution in [2.45, 2.75) is 24.7 Å². The average Bonchev–Trinajstić information content (AvgIpc) is 3.07. The van der Waals surface area contributed by atoms with E-state index in [9.17, 15) is 13.2 Å². The molecule has 0 atom stereocenters. The van der Waals surface area contributed by atoms with E-state index < -0.39 is 10.0 Å². The highest BCUT2D eigenvalue weighted by Gasteiger charge is 2.24. The second kappa shape index (κ2) is 6.77. The minimum atomic E-state index is -3.77. The van der Waals surface area contributed by atoms with Gasteiger partial charge in [-0.25, -0.2) is 8.42 Å². The summed E-state index contributed by atoms with van der Waals surface area (Å²) in [6.45, 7) is 3.38. The van der Waals surface area contributed by atoms with Crippen molar-refractivity contribution in [2.24, 2.45) is 0 Å². The number of hydrogen-bond acceptors (Lipinski definition) is 5. The van der Waals surface area contributed by atoms with Gasteiger partial charge in [0.2, 0.25) is 5.91 Å². The number of anilines is 2. The molecule has 0 spiro atoms. The molecule has 2 aromatic rings. The summed E-state index contributed by atoms with van der Waals surface area (Å²) in [5, 5.41) is 0. The summed E-state index contributed by atoms with van der Waals surface area (Å²) >= 11 is 0. The van der Waals surface area contributed by atoms with E-state index in [1.54, 1.807) is 35.2 Å². The van der Waals surface area contributed by atoms with Gasteiger partial charge in [0.05, 0.1) is 10.6 Å². The van der Waals surface area contributed by atoms with E-state index in [1.807, 2.05) is 6.92 Å². The van der Waals surface area contributed by atoms with Crippen molar-refractivity contribution in [3.63, 3.8) is 0 Å². The molecule has 2 aromatic carbocycles. The Morgan fingerprint density at radius 1 is 1.04 bits per heavy atom. The van der Waals surface area contributed by atoms with E-state index in [0.717, 1.165) is 17.7 Å². The maximum atomic E-state index is 12.8. The second-order valence-corrected chi connectivity index (χ2v) is 8.24. The van der Waals surface area contributed by atoms with E-state index in [0.29, 0.717) is 43.4 Å². The smallest absolute Gasteiger partial charge is 0.261 e. The van der Waals surface area contributed by atoms with Gasteiger partial charge < -0.3 is 14.4 Å². The highest BCUT2D eigenvalue weighted by molar-refractivity contribution is 7.92. The first kappa shape index (κ1) is 17.7. The zero-order chi connectivity index (χ0) is 19.0. The highest BCUT2D eigenvalue weighted by Crippen LogP contribution is 2.34. The van der Waals surface area contributed by atoms with Crippen molar-refractivity contribution >= 4 is 27.3 Å². The Hall–Kier alpha value is -2.74. The summed E-state index contributed by atoms with van der Waals surface area (Å²) in [6.07, 6.45) is 1.36. The van der Waals surface area contributed by atoms with Crippen LogP contribution in [0.2, 0.25) is 0 Å². The van der Waals surface area contributed by atoms with Crippen LogP contribution in [0.1, 0.15) is 18.4 Å². The Morgan fingerprint density at radius 2 is 1.81 bits per heavy atom. The van der Waals surface area contributed by atoms with Crippen LogP contribution in [0.5, 0.6) is 11.5 Å². The molecule has 2 aliphatic heterocycles. The lowest BCUT2D eigenvalue weighted by Crippen LogP contribution is -2.24. The molecule has 1 saturated heterocycles. The standard InChI is InChI=1S/C19H20N2O5S/c1-13-11-15(5-6-16(13)21-8-2-3-19(21)22)27(23,24)20-14-4-7-17-18(12-14)26-10-9-25-17/h4-7,11-12,20H,2-3,8-10H2,1H3. The lowest BCUT2D eigenvalue weighted by atomic mass is 10.2. The fourth-order valence-corrected chi connectivity index (χ4v) is 4.46. The van der Waals surface area contributed by atoms with E-state index in [-0.39, 0.29) is 10.8 Å². The average molecular weight is 388 g/mol. The Bertz CT molecular complexity index is 1000. The molecule has 2 heterocycles. The van der Waals surface area contributed by atoms with Crippen LogP contribution in [0.3, 0.4) is 0 Å². The summed E-state index contributed by atoms with van der Waals surface area (Å²) in [5.74, 6) is 1.18. The number of hydrogen-bond donors (Lipinski definition) is 1. The fraction of sp³-hybridized carbons (Fsp3) is 0.316. The van der Waals surface area contributed by atoms with Gasteiger partial charge in [0.15, 0.2) is 11.5 Å². The molecule has 0 bridgehead atoms. The van der Waals surface area contributed by atoms with Gasteiger partial charge in [0.25, 0.3) is 10.0 Å². The number of benzene rings is 2. The van der Waals surface area contributed by atoms with Gasteiger partial charge in [-0.2, -0.15) is 0 Å². The van der Waals surface area contributed by atoms with Crippen LogP contribution in [-0.4, -0.2) is 34.1 Å². The van der Waals surface area contributed by atoms with Gasteiger partial charge in [-0.05, 0) is 49.2 Å². The summed E-state index contributed by atoms with van der Waals surface area (Å²) in [5.41, 5.74) is 1.90. The molecule has 1 fully saturated rings. The minimum absolute atomic E-state index is 0.0723. The maximum absolute atomic E-state index is 12.8. The van der Waals surface area contributed by atoms with Crippen molar-refractivity contribution in [2.75, 3.05) is 29.4 Å². The van der Waals surface area contributed by atoms with Crippen LogP contribution in [0.4, 0.5) is 11.4 Å². The topological polar surface area (TPSA) is 84.9 Å². The molecule has 4 rings (SSSR count). The number of aryl methyl sites for hydroxylation is 1. The molecular formula is C19H20N2O5S. The molecule has 0 radical (unpaired) electrons. The SMILES string of the molecule is Cc1cc(S(=O)(=O)Nc2ccc3c(c2)OCCO3)ccc1N1CCCC1=O. The lowest BCUT2D eigenvalue weighted by Gasteiger charge is -2.20. The van der Waals surface area contributed by atoms with Gasteiger partial charge in [0, 0.05) is 24.7 Å². The molecule has 0 aliphatic carbocycles. The number of rotatable bonds is 4. The first-order chi connectivity index (χ1) is 12.9. The van der Waals surface area contributed by atoms with Crippen LogP contribution >= 0.6 is 0 Å². The minimum Gasteiger partial charge on any atom is -0.486 e. The van der Waals surface area contributed by atoms with Crippen molar-refractivity contribution in [3.05, 3.63) is 42.0 Å². The van der Waals surface area contributed by atoms with Crippen LogP contribution in [0.15, 0.2) is 41.3 Å². The van der Waals surface area contributed by atoms with Crippen LogP contribution in [-0.2, 0) is 14.8 Å². The number of fused-ring (bicyclic) bond motifs is 1. The van der Waals surface area contributed by atoms with E-state index in [2.05, 4.69) is 4.72 Å². The number of nitrogens with one attached hydrogen (secondary N) is 1. The van der Waals surface area contributed by atoms with Crippen molar-refractivity contribution < 1.29 is 22.7 Å². The maximum Gasteiger partial charge on any atom is 0.261 e. The third kappa shape index (κ3) is 3.44. The summed E-state index contributed by atoms with van der Waals surface area (Å²) < 4.78 is 39.0. The molecule has 0 aromatic heterocycles. The molecule has 0 saturated carbocycles. The van der Waals surface area contributed by atoms with Gasteiger partial charge in [-0.1, -0.05) is 0 Å². The number of sulfonamides is 1. The molecule has 1 N–H and O–H groups in total. The lowest BCUT2D eigenvalue weighted by molar-refractivity contribution is -0.117. The molecule has 0 unspecified atom stereocenters. The first-order valence-electron chi connectivity index (χ1n) is 8.77. The molecule has 2 aliphatic rings. The first-order valence-corrected chi connectivity index (χ1v) is 10.3. The Morgan fingerprint density at radius 3 is 2.52 bits per heavy atom. The van der Waals surface area contributed by atoms with Gasteiger partial charge in [0.1, 0.15) is 13.2 Å². The number of nitrogens with zero attached hydrogens (tertiary/aromatic N) is 1. The van der Waals surface area contributed by atoms with E-state index in [4.69, 9.17) is 9.47 Å². The summed E-state index contributed by atoms with van der Waals surface area (Å²) in [6, 6.07) is 9.72. The van der Waals surface area contributed by atoms with Gasteiger partial charge in [-0.3, -0.25) is 9.52 Å². The molecule has 7 nitrogen and oxygen atoms in total. The van der Waals surface area contributed by atoms with E-state index >= 15 is 0 Å². The Balaban J connectivity index is 1.58. The second-order valence-electron chi connectivity index (χ2n) is 6.56. The quantitative estimate of drug-likeness (QED) is 0.870. The van der Waals surface area contributed by atoms with Crippen molar-refractivity contribution in [1.82, 2.24) is 0 Å². The van der Waals surface area contributed by atoms with Crippen LogP contribution < -0.4 is 19.1 Å². The largest absolute Gasteiger partial charge is 0.486 e. The fourth-order valence-electron chi connectivity index (χ4n) is 3.32. The number of amides is 1. The molecule has 8 heteroatoms. The van der Waals surface area contributed by atoms with Gasteiger partial charge in [-0.15, -0.1) is 0 Å². The molecular weight excluding hydrogens is 368 g/mol. The zero-order valence-electron chi connectivity index (χ0n) is 14.9. The van der Waals surface area contributed by atoms with Crippen LogP contribution in [0.25, 0.3) is 0 Å². The predicted molar refractivity (Wildman–Crippen MR) is 101 cm³/mol. The Kier molecular flexibility index (Phi) is 4.43. The third-order valence-corrected chi connectivity index (χ3v) is 6.02. The predicted octanol–water partition coefficient (Wildman–Crippen LogP) is 2.69. The molecule has 142 valence electrons. The number of ether oxygens (including phenoxy) is 2. The normalized spacial score (nSPS) is 16.5. The molecule has 27 heavy (non-hydrogen) atoms. The van der Waals surface area contributed by atoms with Crippen molar-refractivity contribution in [1.29, 1.82) is 0 Å². The monoisotopic (exact) mass is 388 g/mol. The van der Waals surface area contributed by atoms with Crippen LogP contribution in [0, 0.1) is 6.92 Å². The van der Waals surface area contributed by atoms with Crippen molar-refractivity contribution in [3.8, 4) is 11.5 Å². The van der Waals surface area contributed by atoms with Gasteiger partial charge >= 0.3 is 0 Å². The molecule has 1 amide bonds. The summed E-state index contributed by atoms with van der Waals surface area (Å²) in [4.78, 5) is 13.8. The third-order valence-electron chi connectivity index (χ3n) is 4.64. The number of carbonyl (C=O) groups excluding carboxylic acids is 1. The number of carbonyl (C=O) groups is 1. The Labute approximate surface area is 157 Å². The zero-order valence-corrected chi connectivity index (χ0v) is 15.7.